The van der Waals surface area contributed by atoms with Crippen LogP contribution in [0.2, 0.25) is 0 Å². The van der Waals surface area contributed by atoms with Crippen molar-refractivity contribution < 1.29 is 80.2 Å². The highest BCUT2D eigenvalue weighted by atomic mass is 31.2. The molecule has 0 aliphatic heterocycles. The van der Waals surface area contributed by atoms with E-state index in [0.717, 1.165) is 121 Å². The molecule has 3 N–H and O–H groups in total. The van der Waals surface area contributed by atoms with Gasteiger partial charge in [0.2, 0.25) is 0 Å². The molecule has 0 bridgehead atoms. The van der Waals surface area contributed by atoms with Crippen LogP contribution in [0.4, 0.5) is 0 Å². The molecule has 0 aromatic carbocycles. The first-order valence-corrected chi connectivity index (χ1v) is 39.5. The van der Waals surface area contributed by atoms with Crippen molar-refractivity contribution in [3.63, 3.8) is 0 Å². The van der Waals surface area contributed by atoms with Crippen LogP contribution in [-0.4, -0.2) is 96.7 Å². The van der Waals surface area contributed by atoms with Crippen LogP contribution in [0.25, 0.3) is 0 Å². The first-order chi connectivity index (χ1) is 42.9. The average molecular weight is 1310 g/mol. The van der Waals surface area contributed by atoms with Crippen LogP contribution >= 0.6 is 15.6 Å². The lowest BCUT2D eigenvalue weighted by Gasteiger charge is -2.21. The minimum Gasteiger partial charge on any atom is -0.462 e. The van der Waals surface area contributed by atoms with Crippen molar-refractivity contribution in [3.05, 3.63) is 0 Å². The van der Waals surface area contributed by atoms with E-state index in [1.54, 1.807) is 0 Å². The second kappa shape index (κ2) is 62.2. The Morgan fingerprint density at radius 3 is 0.854 bits per heavy atom. The zero-order chi connectivity index (χ0) is 65.7. The Kier molecular flexibility index (Phi) is 60.8. The van der Waals surface area contributed by atoms with Crippen LogP contribution in [0, 0.1) is 11.8 Å². The third-order valence-electron chi connectivity index (χ3n) is 16.6. The van der Waals surface area contributed by atoms with E-state index in [1.807, 2.05) is 0 Å². The van der Waals surface area contributed by atoms with Crippen molar-refractivity contribution in [2.45, 2.75) is 374 Å². The first-order valence-electron chi connectivity index (χ1n) is 36.5. The monoisotopic (exact) mass is 1310 g/mol. The summed E-state index contributed by atoms with van der Waals surface area (Å²) in [6, 6.07) is 0. The maximum atomic E-state index is 13.0. The Morgan fingerprint density at radius 2 is 0.573 bits per heavy atom. The van der Waals surface area contributed by atoms with Crippen molar-refractivity contribution in [1.82, 2.24) is 0 Å². The largest absolute Gasteiger partial charge is 0.472 e. The molecule has 528 valence electrons. The number of carbonyl (C=O) groups excluding carboxylic acids is 4. The van der Waals surface area contributed by atoms with Crippen molar-refractivity contribution in [2.24, 2.45) is 11.8 Å². The fourth-order valence-electron chi connectivity index (χ4n) is 10.6. The van der Waals surface area contributed by atoms with Crippen LogP contribution in [0.1, 0.15) is 356 Å². The molecule has 0 heterocycles. The summed E-state index contributed by atoms with van der Waals surface area (Å²) in [5.74, 6) is -0.489. The number of carbonyl (C=O) groups is 4. The highest BCUT2D eigenvalue weighted by molar-refractivity contribution is 7.47. The summed E-state index contributed by atoms with van der Waals surface area (Å²) >= 11 is 0. The molecule has 0 aliphatic carbocycles. The number of rotatable bonds is 69. The van der Waals surface area contributed by atoms with Gasteiger partial charge in [0.15, 0.2) is 12.2 Å². The maximum Gasteiger partial charge on any atom is 0.472 e. The lowest BCUT2D eigenvalue weighted by Crippen LogP contribution is -2.30. The summed E-state index contributed by atoms with van der Waals surface area (Å²) < 4.78 is 67.9. The van der Waals surface area contributed by atoms with Crippen molar-refractivity contribution >= 4 is 39.5 Å². The van der Waals surface area contributed by atoms with E-state index >= 15 is 0 Å². The summed E-state index contributed by atoms with van der Waals surface area (Å²) in [7, 11) is -9.88. The fraction of sp³-hybridized carbons (Fsp3) is 0.943. The molecule has 0 fully saturated rings. The lowest BCUT2D eigenvalue weighted by atomic mass is 9.99. The molecular formula is C70H136O17P2. The lowest BCUT2D eigenvalue weighted by molar-refractivity contribution is -0.161. The van der Waals surface area contributed by atoms with Crippen molar-refractivity contribution in [2.75, 3.05) is 39.6 Å². The molecule has 0 saturated carbocycles. The predicted molar refractivity (Wildman–Crippen MR) is 358 cm³/mol. The van der Waals surface area contributed by atoms with Gasteiger partial charge in [-0.3, -0.25) is 37.3 Å². The number of phosphoric ester groups is 2. The van der Waals surface area contributed by atoms with Gasteiger partial charge in [-0.15, -0.1) is 0 Å². The molecule has 0 radical (unpaired) electrons. The summed E-state index contributed by atoms with van der Waals surface area (Å²) in [5, 5.41) is 10.5. The molecule has 0 saturated heterocycles. The Balaban J connectivity index is 5.07. The number of aliphatic hydroxyl groups excluding tert-OH is 1. The van der Waals surface area contributed by atoms with E-state index in [-0.39, 0.29) is 25.7 Å². The number of esters is 4. The summed E-state index contributed by atoms with van der Waals surface area (Å²) in [4.78, 5) is 72.1. The van der Waals surface area contributed by atoms with Gasteiger partial charge in [-0.2, -0.15) is 0 Å². The van der Waals surface area contributed by atoms with Gasteiger partial charge >= 0.3 is 39.5 Å². The number of ether oxygens (including phenoxy) is 4. The van der Waals surface area contributed by atoms with Gasteiger partial charge in [0, 0.05) is 25.7 Å². The minimum atomic E-state index is -4.95. The molecule has 17 nitrogen and oxygen atoms in total. The topological polar surface area (TPSA) is 237 Å². The molecule has 0 amide bonds. The van der Waals surface area contributed by atoms with Gasteiger partial charge in [0.1, 0.15) is 19.3 Å². The second-order valence-electron chi connectivity index (χ2n) is 26.0. The second-order valence-corrected chi connectivity index (χ2v) is 28.9. The molecule has 89 heavy (non-hydrogen) atoms. The van der Waals surface area contributed by atoms with Gasteiger partial charge < -0.3 is 33.8 Å². The zero-order valence-electron chi connectivity index (χ0n) is 57.7. The van der Waals surface area contributed by atoms with Gasteiger partial charge in [0.25, 0.3) is 0 Å². The molecule has 0 rings (SSSR count). The van der Waals surface area contributed by atoms with Crippen LogP contribution in [0.3, 0.4) is 0 Å². The molecule has 0 aromatic rings. The standard InChI is InChI=1S/C70H136O17P2/c1-7-10-12-14-33-42-48-54-69(74)86-65(58-80-67(72)52-46-38-13-11-8-2)60-84-88(76,77)82-56-64(71)57-83-89(78,79)85-61-66(59-81-68(73)53-47-41-36-31-27-24-23-25-29-34-39-44-50-62(4)5)87-70(75)55-49-43-37-32-28-22-20-18-16-15-17-19-21-26-30-35-40-45-51-63(6)9-3/h62-66,71H,7-61H2,1-6H3,(H,76,77)(H,78,79)/t63?,64-,65+,66+/m0/s1. The number of aliphatic hydroxyl groups is 1. The van der Waals surface area contributed by atoms with Crippen LogP contribution < -0.4 is 0 Å². The molecule has 0 spiro atoms. The van der Waals surface area contributed by atoms with Gasteiger partial charge in [0.05, 0.1) is 26.4 Å². The molecule has 0 aromatic heterocycles. The van der Waals surface area contributed by atoms with Crippen LogP contribution in [0.5, 0.6) is 0 Å². The quantitative estimate of drug-likeness (QED) is 0.0222. The average Bonchev–Trinajstić information content (AvgIpc) is 3.56. The van der Waals surface area contributed by atoms with E-state index in [2.05, 4.69) is 41.5 Å². The first kappa shape index (κ1) is 87.1. The molecular weight excluding hydrogens is 1170 g/mol. The van der Waals surface area contributed by atoms with Crippen LogP contribution in [-0.2, 0) is 65.4 Å². The van der Waals surface area contributed by atoms with Crippen molar-refractivity contribution in [1.29, 1.82) is 0 Å². The van der Waals surface area contributed by atoms with E-state index < -0.39 is 97.5 Å². The van der Waals surface area contributed by atoms with Gasteiger partial charge in [-0.05, 0) is 37.5 Å². The number of hydrogen-bond acceptors (Lipinski definition) is 15. The highest BCUT2D eigenvalue weighted by Gasteiger charge is 2.30. The highest BCUT2D eigenvalue weighted by Crippen LogP contribution is 2.45. The SMILES string of the molecule is CCCCCCCCCC(=O)O[C@H](COC(=O)CCCCCCC)COP(=O)(O)OC[C@H](O)COP(=O)(O)OC[C@@H](COC(=O)CCCCCCCCCCCCCCC(C)C)OC(=O)CCCCCCCCCCCCCCCCCCCCC(C)CC. The fourth-order valence-corrected chi connectivity index (χ4v) is 12.1. The van der Waals surface area contributed by atoms with Gasteiger partial charge in [-0.1, -0.05) is 305 Å². The Labute approximate surface area is 543 Å². The number of unbranched alkanes of at least 4 members (excludes halogenated alkanes) is 38. The smallest absolute Gasteiger partial charge is 0.462 e. The minimum absolute atomic E-state index is 0.103. The summed E-state index contributed by atoms with van der Waals surface area (Å²) in [6.07, 6.45) is 47.9. The molecule has 3 unspecified atom stereocenters. The zero-order valence-corrected chi connectivity index (χ0v) is 59.5. The van der Waals surface area contributed by atoms with E-state index in [1.165, 1.54) is 154 Å². The van der Waals surface area contributed by atoms with Crippen molar-refractivity contribution in [3.8, 4) is 0 Å². The molecule has 0 aliphatic rings. The Hall–Kier alpha value is -1.94. The third kappa shape index (κ3) is 63.2. The Bertz CT molecular complexity index is 1740. The Morgan fingerprint density at radius 1 is 0.326 bits per heavy atom. The number of phosphoric acid groups is 2. The van der Waals surface area contributed by atoms with E-state index in [4.69, 9.17) is 37.0 Å². The molecule has 6 atom stereocenters. The summed E-state index contributed by atoms with van der Waals surface area (Å²) in [5.41, 5.74) is 0. The molecule has 19 heteroatoms. The van der Waals surface area contributed by atoms with E-state index in [0.29, 0.717) is 25.7 Å². The number of hydrogen-bond donors (Lipinski definition) is 3. The van der Waals surface area contributed by atoms with Gasteiger partial charge in [-0.25, -0.2) is 9.13 Å². The normalized spacial score (nSPS) is 14.4. The summed E-state index contributed by atoms with van der Waals surface area (Å²) in [6.45, 7) is 9.49. The van der Waals surface area contributed by atoms with E-state index in [9.17, 15) is 43.2 Å². The van der Waals surface area contributed by atoms with Crippen LogP contribution in [0.15, 0.2) is 0 Å². The third-order valence-corrected chi connectivity index (χ3v) is 18.5. The maximum absolute atomic E-state index is 13.0. The predicted octanol–water partition coefficient (Wildman–Crippen LogP) is 20.0.